The maximum Gasteiger partial charge on any atom is 0.233 e. The lowest BCUT2D eigenvalue weighted by atomic mass is 10.5. The number of nitrogens with one attached hydrogen (secondary N) is 3. The van der Waals surface area contributed by atoms with E-state index in [4.69, 9.17) is 16.6 Å². The molecule has 5 heteroatoms. The minimum absolute atomic E-state index is 0.526. The first-order chi connectivity index (χ1) is 5.83. The molecule has 1 heterocycles. The zero-order valence-electron chi connectivity index (χ0n) is 6.63. The van der Waals surface area contributed by atoms with Gasteiger partial charge in [0.25, 0.3) is 0 Å². The molecular formula is C7H10N3OS+. The summed E-state index contributed by atoms with van der Waals surface area (Å²) in [5, 5.41) is 6.04. The summed E-state index contributed by atoms with van der Waals surface area (Å²) < 4.78 is 5.03. The van der Waals surface area contributed by atoms with Gasteiger partial charge in [0.15, 0.2) is 5.76 Å². The molecule has 0 unspecified atom stereocenters. The van der Waals surface area contributed by atoms with E-state index in [1.165, 1.54) is 0 Å². The SMILES string of the molecule is CNC(=S)N[NH+]=Cc1ccco1. The summed E-state index contributed by atoms with van der Waals surface area (Å²) in [6.45, 7) is 0. The molecule has 1 aromatic heterocycles. The lowest BCUT2D eigenvalue weighted by Crippen LogP contribution is -2.82. The van der Waals surface area contributed by atoms with Crippen molar-refractivity contribution < 1.29 is 9.52 Å². The molecule has 0 saturated heterocycles. The summed E-state index contributed by atoms with van der Waals surface area (Å²) in [6.07, 6.45) is 3.27. The molecule has 0 amide bonds. The Morgan fingerprint density at radius 2 is 2.58 bits per heavy atom. The van der Waals surface area contributed by atoms with Crippen LogP contribution in [0.3, 0.4) is 0 Å². The molecule has 3 N–H and O–H groups in total. The maximum atomic E-state index is 5.03. The predicted molar refractivity (Wildman–Crippen MR) is 49.6 cm³/mol. The van der Waals surface area contributed by atoms with E-state index in [-0.39, 0.29) is 0 Å². The van der Waals surface area contributed by atoms with E-state index in [1.807, 2.05) is 12.1 Å². The number of hydrogen-bond donors (Lipinski definition) is 3. The van der Waals surface area contributed by atoms with E-state index in [9.17, 15) is 0 Å². The van der Waals surface area contributed by atoms with E-state index in [0.717, 1.165) is 5.76 Å². The Morgan fingerprint density at radius 3 is 3.17 bits per heavy atom. The third kappa shape index (κ3) is 2.71. The standard InChI is InChI=1S/C7H9N3OS/c1-8-7(12)10-9-5-6-3-2-4-11-6/h2-5H,1H3,(H2,8,10,12)/p+1. The lowest BCUT2D eigenvalue weighted by Gasteiger charge is -1.92. The first-order valence-corrected chi connectivity index (χ1v) is 3.83. The van der Waals surface area contributed by atoms with Gasteiger partial charge in [0.2, 0.25) is 11.3 Å². The maximum absolute atomic E-state index is 5.03. The van der Waals surface area contributed by atoms with Gasteiger partial charge in [-0.05, 0) is 24.4 Å². The van der Waals surface area contributed by atoms with Crippen LogP contribution in [0.4, 0.5) is 0 Å². The normalized spacial score (nSPS) is 10.1. The van der Waals surface area contributed by atoms with Crippen molar-refractivity contribution in [1.82, 2.24) is 10.7 Å². The summed E-state index contributed by atoms with van der Waals surface area (Å²) >= 11 is 4.81. The van der Waals surface area contributed by atoms with Crippen LogP contribution in [-0.4, -0.2) is 18.4 Å². The van der Waals surface area contributed by atoms with Crippen molar-refractivity contribution in [3.63, 3.8) is 0 Å². The highest BCUT2D eigenvalue weighted by Crippen LogP contribution is 1.91. The molecule has 4 nitrogen and oxygen atoms in total. The van der Waals surface area contributed by atoms with Gasteiger partial charge in [0.1, 0.15) is 0 Å². The molecule has 0 aliphatic carbocycles. The quantitative estimate of drug-likeness (QED) is 0.307. The van der Waals surface area contributed by atoms with Crippen LogP contribution in [-0.2, 0) is 0 Å². The van der Waals surface area contributed by atoms with Crippen LogP contribution in [0.15, 0.2) is 22.8 Å². The Kier molecular flexibility index (Phi) is 3.28. The molecule has 1 rings (SSSR count). The molecule has 12 heavy (non-hydrogen) atoms. The van der Waals surface area contributed by atoms with Crippen molar-refractivity contribution in [2.24, 2.45) is 0 Å². The second-order valence-electron chi connectivity index (χ2n) is 2.01. The van der Waals surface area contributed by atoms with E-state index in [1.54, 1.807) is 19.5 Å². The first-order valence-electron chi connectivity index (χ1n) is 3.43. The van der Waals surface area contributed by atoms with E-state index in [2.05, 4.69) is 15.8 Å². The van der Waals surface area contributed by atoms with Crippen molar-refractivity contribution in [1.29, 1.82) is 0 Å². The molecule has 0 aromatic carbocycles. The van der Waals surface area contributed by atoms with Gasteiger partial charge in [-0.3, -0.25) is 0 Å². The van der Waals surface area contributed by atoms with Gasteiger partial charge in [-0.1, -0.05) is 0 Å². The highest BCUT2D eigenvalue weighted by molar-refractivity contribution is 7.80. The van der Waals surface area contributed by atoms with Crippen LogP contribution < -0.4 is 15.8 Å². The molecule has 0 atom stereocenters. The van der Waals surface area contributed by atoms with Crippen molar-refractivity contribution in [2.45, 2.75) is 0 Å². The molecule has 1 aromatic rings. The largest absolute Gasteiger partial charge is 0.459 e. The van der Waals surface area contributed by atoms with Crippen LogP contribution in [0, 0.1) is 0 Å². The summed E-state index contributed by atoms with van der Waals surface area (Å²) in [7, 11) is 1.74. The Labute approximate surface area is 75.6 Å². The molecule has 0 fully saturated rings. The minimum Gasteiger partial charge on any atom is -0.459 e. The number of hydrazone groups is 1. The minimum atomic E-state index is 0.526. The van der Waals surface area contributed by atoms with Crippen molar-refractivity contribution in [3.05, 3.63) is 24.2 Å². The second kappa shape index (κ2) is 4.50. The van der Waals surface area contributed by atoms with Crippen LogP contribution in [0.25, 0.3) is 0 Å². The van der Waals surface area contributed by atoms with Gasteiger partial charge in [-0.2, -0.15) is 0 Å². The van der Waals surface area contributed by atoms with Crippen molar-refractivity contribution in [2.75, 3.05) is 7.05 Å². The zero-order valence-corrected chi connectivity index (χ0v) is 7.44. The number of hydrogen-bond acceptors (Lipinski definition) is 2. The van der Waals surface area contributed by atoms with Crippen LogP contribution in [0.5, 0.6) is 0 Å². The summed E-state index contributed by atoms with van der Waals surface area (Å²) in [6, 6.07) is 3.64. The molecular weight excluding hydrogens is 174 g/mol. The lowest BCUT2D eigenvalue weighted by molar-refractivity contribution is -0.500. The summed E-state index contributed by atoms with van der Waals surface area (Å²) in [5.74, 6) is 0.737. The molecule has 0 aliphatic rings. The fraction of sp³-hybridized carbons (Fsp3) is 0.143. The van der Waals surface area contributed by atoms with Gasteiger partial charge >= 0.3 is 0 Å². The van der Waals surface area contributed by atoms with Crippen LogP contribution >= 0.6 is 12.2 Å². The first kappa shape index (κ1) is 8.73. The third-order valence-corrected chi connectivity index (χ3v) is 1.48. The van der Waals surface area contributed by atoms with E-state index >= 15 is 0 Å². The number of thiocarbonyl (C=S) groups is 1. The second-order valence-corrected chi connectivity index (χ2v) is 2.42. The van der Waals surface area contributed by atoms with Crippen molar-refractivity contribution in [3.8, 4) is 0 Å². The van der Waals surface area contributed by atoms with Gasteiger partial charge < -0.3 is 9.73 Å². The van der Waals surface area contributed by atoms with Crippen molar-refractivity contribution >= 4 is 23.5 Å². The third-order valence-electron chi connectivity index (χ3n) is 1.17. The van der Waals surface area contributed by atoms with E-state index < -0.39 is 0 Å². The average molecular weight is 184 g/mol. The highest BCUT2D eigenvalue weighted by Gasteiger charge is 1.93. The Hall–Kier alpha value is -1.36. The smallest absolute Gasteiger partial charge is 0.233 e. The van der Waals surface area contributed by atoms with Gasteiger partial charge in [0, 0.05) is 7.05 Å². The molecule has 0 bridgehead atoms. The Balaban J connectivity index is 2.37. The predicted octanol–water partition coefficient (Wildman–Crippen LogP) is -1.21. The van der Waals surface area contributed by atoms with E-state index in [0.29, 0.717) is 5.11 Å². The molecule has 64 valence electrons. The zero-order chi connectivity index (χ0) is 8.81. The molecule has 0 radical (unpaired) electrons. The summed E-state index contributed by atoms with van der Waals surface area (Å²) in [5.41, 5.74) is 2.73. The Morgan fingerprint density at radius 1 is 1.75 bits per heavy atom. The molecule has 0 saturated carbocycles. The van der Waals surface area contributed by atoms with Gasteiger partial charge in [-0.15, -0.1) is 10.5 Å². The van der Waals surface area contributed by atoms with Gasteiger partial charge in [0.05, 0.1) is 6.26 Å². The monoisotopic (exact) mass is 184 g/mol. The fourth-order valence-electron chi connectivity index (χ4n) is 0.609. The van der Waals surface area contributed by atoms with Gasteiger partial charge in [-0.25, -0.2) is 0 Å². The number of hydrazine groups is 1. The summed E-state index contributed by atoms with van der Waals surface area (Å²) in [4.78, 5) is 0. The molecule has 0 spiro atoms. The number of furan rings is 1. The fourth-order valence-corrected chi connectivity index (χ4v) is 0.668. The Bertz CT molecular complexity index is 268. The average Bonchev–Trinajstić information content (AvgIpc) is 2.57. The van der Waals surface area contributed by atoms with Crippen LogP contribution in [0.2, 0.25) is 0 Å². The highest BCUT2D eigenvalue weighted by atomic mass is 32.1. The molecule has 0 aliphatic heterocycles. The topological polar surface area (TPSA) is 51.2 Å². The van der Waals surface area contributed by atoms with Crippen LogP contribution in [0.1, 0.15) is 5.76 Å². The number of rotatable bonds is 2.